The zero-order chi connectivity index (χ0) is 15.6. The minimum atomic E-state index is -4.56. The summed E-state index contributed by atoms with van der Waals surface area (Å²) in [6.45, 7) is 0. The van der Waals surface area contributed by atoms with Crippen LogP contribution in [0.5, 0.6) is 0 Å². The zero-order valence-electron chi connectivity index (χ0n) is 10.3. The molecule has 1 amide bonds. The lowest BCUT2D eigenvalue weighted by Crippen LogP contribution is -2.16. The Morgan fingerprint density at radius 1 is 1.29 bits per heavy atom. The third kappa shape index (κ3) is 3.40. The van der Waals surface area contributed by atoms with Crippen LogP contribution in [-0.4, -0.2) is 15.9 Å². The van der Waals surface area contributed by atoms with Crippen molar-refractivity contribution < 1.29 is 18.0 Å². The Hall–Kier alpha value is -2.35. The predicted molar refractivity (Wildman–Crippen MR) is 70.3 cm³/mol. The molecule has 0 saturated heterocycles. The molecule has 1 heterocycles. The molecular weight excluding hydrogens is 309 g/mol. The van der Waals surface area contributed by atoms with Gasteiger partial charge in [0.05, 0.1) is 11.3 Å². The zero-order valence-corrected chi connectivity index (χ0v) is 11.0. The van der Waals surface area contributed by atoms with Crippen LogP contribution in [0.2, 0.25) is 5.28 Å². The van der Waals surface area contributed by atoms with E-state index in [-0.39, 0.29) is 22.4 Å². The van der Waals surface area contributed by atoms with Crippen molar-refractivity contribution in [3.05, 3.63) is 46.9 Å². The molecule has 110 valence electrons. The summed E-state index contributed by atoms with van der Waals surface area (Å²) in [6, 6.07) is 4.75. The molecule has 0 spiro atoms. The maximum Gasteiger partial charge on any atom is 0.418 e. The molecule has 0 aliphatic carbocycles. The number of alkyl halides is 3. The van der Waals surface area contributed by atoms with E-state index in [4.69, 9.17) is 17.3 Å². The molecule has 1 aromatic heterocycles. The summed E-state index contributed by atoms with van der Waals surface area (Å²) in [6.07, 6.45) is -3.52. The quantitative estimate of drug-likeness (QED) is 0.853. The Morgan fingerprint density at radius 2 is 1.95 bits per heavy atom. The number of benzene rings is 1. The smallest absolute Gasteiger partial charge is 0.365 e. The van der Waals surface area contributed by atoms with E-state index in [0.29, 0.717) is 0 Å². The minimum absolute atomic E-state index is 0.170. The number of rotatable bonds is 3. The summed E-state index contributed by atoms with van der Waals surface area (Å²) in [4.78, 5) is 18.5. The summed E-state index contributed by atoms with van der Waals surface area (Å²) < 4.78 is 38.7. The summed E-state index contributed by atoms with van der Waals surface area (Å²) in [5, 5.41) is 2.18. The Kier molecular flexibility index (Phi) is 3.99. The minimum Gasteiger partial charge on any atom is -0.365 e. The normalized spacial score (nSPS) is 11.2. The molecule has 2 rings (SSSR count). The van der Waals surface area contributed by atoms with E-state index in [1.165, 1.54) is 18.2 Å². The number of carbonyl (C=O) groups excluding carboxylic acids is 1. The first-order valence-corrected chi connectivity index (χ1v) is 5.92. The molecular formula is C12H8ClF3N4O. The van der Waals surface area contributed by atoms with Crippen LogP contribution in [0.1, 0.15) is 15.9 Å². The molecule has 0 fully saturated rings. The van der Waals surface area contributed by atoms with Crippen LogP contribution in [0.25, 0.3) is 0 Å². The van der Waals surface area contributed by atoms with Crippen LogP contribution >= 0.6 is 11.6 Å². The average molecular weight is 317 g/mol. The van der Waals surface area contributed by atoms with Gasteiger partial charge in [0.1, 0.15) is 11.4 Å². The van der Waals surface area contributed by atoms with Gasteiger partial charge < -0.3 is 11.1 Å². The van der Waals surface area contributed by atoms with Crippen LogP contribution in [0.15, 0.2) is 30.5 Å². The number of amides is 1. The maximum atomic E-state index is 12.9. The van der Waals surface area contributed by atoms with Crippen molar-refractivity contribution >= 4 is 29.0 Å². The number of primary amides is 1. The third-order valence-electron chi connectivity index (χ3n) is 2.51. The lowest BCUT2D eigenvalue weighted by Gasteiger charge is -2.15. The van der Waals surface area contributed by atoms with Gasteiger partial charge in [-0.25, -0.2) is 4.98 Å². The van der Waals surface area contributed by atoms with Gasteiger partial charge in [-0.15, -0.1) is 0 Å². The first kappa shape index (κ1) is 15.0. The van der Waals surface area contributed by atoms with Gasteiger partial charge >= 0.3 is 6.18 Å². The van der Waals surface area contributed by atoms with Gasteiger partial charge in [-0.2, -0.15) is 18.2 Å². The number of aromatic nitrogens is 2. The average Bonchev–Trinajstić information content (AvgIpc) is 2.37. The number of anilines is 2. The Labute approximate surface area is 122 Å². The largest absolute Gasteiger partial charge is 0.418 e. The van der Waals surface area contributed by atoms with Crippen LogP contribution in [0, 0.1) is 0 Å². The highest BCUT2D eigenvalue weighted by Gasteiger charge is 2.33. The van der Waals surface area contributed by atoms with Gasteiger partial charge in [0.25, 0.3) is 5.91 Å². The predicted octanol–water partition coefficient (Wildman–Crippen LogP) is 2.99. The number of nitrogens with two attached hydrogens (primary N) is 1. The fourth-order valence-corrected chi connectivity index (χ4v) is 1.74. The van der Waals surface area contributed by atoms with E-state index in [2.05, 4.69) is 15.3 Å². The molecule has 1 aromatic carbocycles. The van der Waals surface area contributed by atoms with Crippen LogP contribution in [0.3, 0.4) is 0 Å². The second-order valence-electron chi connectivity index (χ2n) is 3.93. The molecule has 21 heavy (non-hydrogen) atoms. The number of nitrogens with zero attached hydrogens (tertiary/aromatic N) is 2. The van der Waals surface area contributed by atoms with Crippen LogP contribution in [-0.2, 0) is 6.18 Å². The SMILES string of the molecule is NC(=O)c1cnc(Cl)nc1Nc1ccccc1C(F)(F)F. The second kappa shape index (κ2) is 5.57. The van der Waals surface area contributed by atoms with Gasteiger partial charge in [0.2, 0.25) is 5.28 Å². The molecule has 5 nitrogen and oxygen atoms in total. The first-order valence-electron chi connectivity index (χ1n) is 5.54. The molecule has 3 N–H and O–H groups in total. The number of para-hydroxylation sites is 1. The van der Waals surface area contributed by atoms with Crippen molar-refractivity contribution in [3.8, 4) is 0 Å². The molecule has 2 aromatic rings. The van der Waals surface area contributed by atoms with Gasteiger partial charge in [-0.3, -0.25) is 4.79 Å². The Morgan fingerprint density at radius 3 is 2.57 bits per heavy atom. The van der Waals surface area contributed by atoms with E-state index in [0.717, 1.165) is 12.3 Å². The summed E-state index contributed by atoms with van der Waals surface area (Å²) in [7, 11) is 0. The van der Waals surface area contributed by atoms with Gasteiger partial charge in [-0.05, 0) is 23.7 Å². The molecule has 0 unspecified atom stereocenters. The number of halogens is 4. The monoisotopic (exact) mass is 316 g/mol. The summed E-state index contributed by atoms with van der Waals surface area (Å²) >= 11 is 5.58. The molecule has 0 saturated carbocycles. The van der Waals surface area contributed by atoms with Crippen LogP contribution in [0.4, 0.5) is 24.7 Å². The van der Waals surface area contributed by atoms with Gasteiger partial charge in [0.15, 0.2) is 0 Å². The van der Waals surface area contributed by atoms with E-state index in [1.807, 2.05) is 0 Å². The Balaban J connectivity index is 2.49. The maximum absolute atomic E-state index is 12.9. The first-order chi connectivity index (χ1) is 9.79. The highest BCUT2D eigenvalue weighted by molar-refractivity contribution is 6.28. The molecule has 0 aliphatic heterocycles. The van der Waals surface area contributed by atoms with Crippen molar-refractivity contribution in [2.45, 2.75) is 6.18 Å². The molecule has 0 radical (unpaired) electrons. The highest BCUT2D eigenvalue weighted by atomic mass is 35.5. The van der Waals surface area contributed by atoms with Gasteiger partial charge in [-0.1, -0.05) is 12.1 Å². The van der Waals surface area contributed by atoms with Gasteiger partial charge in [0, 0.05) is 6.20 Å². The lowest BCUT2D eigenvalue weighted by molar-refractivity contribution is -0.136. The van der Waals surface area contributed by atoms with Crippen LogP contribution < -0.4 is 11.1 Å². The topological polar surface area (TPSA) is 80.9 Å². The lowest BCUT2D eigenvalue weighted by atomic mass is 10.1. The Bertz CT molecular complexity index is 690. The molecule has 0 aliphatic rings. The van der Waals surface area contributed by atoms with Crippen molar-refractivity contribution in [1.82, 2.24) is 9.97 Å². The van der Waals surface area contributed by atoms with E-state index < -0.39 is 17.6 Å². The number of hydrogen-bond donors (Lipinski definition) is 2. The standard InChI is InChI=1S/C12H8ClF3N4O/c13-11-18-5-6(9(17)21)10(20-11)19-8-4-2-1-3-7(8)12(14,15)16/h1-5H,(H2,17,21)(H,18,19,20). The second-order valence-corrected chi connectivity index (χ2v) is 4.27. The van der Waals surface area contributed by atoms with Crippen molar-refractivity contribution in [2.24, 2.45) is 5.73 Å². The van der Waals surface area contributed by atoms with Crippen molar-refractivity contribution in [3.63, 3.8) is 0 Å². The number of nitrogens with one attached hydrogen (secondary N) is 1. The molecule has 0 atom stereocenters. The highest BCUT2D eigenvalue weighted by Crippen LogP contribution is 2.36. The summed E-state index contributed by atoms with van der Waals surface area (Å²) in [5.41, 5.74) is 3.76. The van der Waals surface area contributed by atoms with E-state index in [9.17, 15) is 18.0 Å². The third-order valence-corrected chi connectivity index (χ3v) is 2.69. The van der Waals surface area contributed by atoms with E-state index in [1.54, 1.807) is 0 Å². The van der Waals surface area contributed by atoms with Crippen molar-refractivity contribution in [2.75, 3.05) is 5.32 Å². The molecule has 0 bridgehead atoms. The fraction of sp³-hybridized carbons (Fsp3) is 0.0833. The number of carbonyl (C=O) groups is 1. The fourth-order valence-electron chi connectivity index (χ4n) is 1.60. The number of hydrogen-bond acceptors (Lipinski definition) is 4. The van der Waals surface area contributed by atoms with E-state index >= 15 is 0 Å². The summed E-state index contributed by atoms with van der Waals surface area (Å²) in [5.74, 6) is -1.09. The molecule has 9 heteroatoms. The van der Waals surface area contributed by atoms with Crippen molar-refractivity contribution in [1.29, 1.82) is 0 Å².